The fourth-order valence-electron chi connectivity index (χ4n) is 5.15. The average Bonchev–Trinajstić information content (AvgIpc) is 3.42. The van der Waals surface area contributed by atoms with Gasteiger partial charge in [0.05, 0.1) is 24.5 Å². The lowest BCUT2D eigenvalue weighted by Gasteiger charge is -2.36. The maximum absolute atomic E-state index is 14.0. The molecule has 4 amide bonds. The molecule has 11 heteroatoms. The zero-order chi connectivity index (χ0) is 33.6. The van der Waals surface area contributed by atoms with Gasteiger partial charge in [-0.3, -0.25) is 24.8 Å². The molecule has 3 aromatic rings. The van der Waals surface area contributed by atoms with E-state index in [1.807, 2.05) is 64.2 Å². The third kappa shape index (κ3) is 9.14. The molecule has 0 spiro atoms. The summed E-state index contributed by atoms with van der Waals surface area (Å²) in [6.07, 6.45) is 2.66. The lowest BCUT2D eigenvalue weighted by molar-refractivity contribution is -0.117. The molecule has 1 aliphatic heterocycles. The molecule has 0 bridgehead atoms. The van der Waals surface area contributed by atoms with Gasteiger partial charge in [0.15, 0.2) is 0 Å². The Morgan fingerprint density at radius 1 is 1.02 bits per heavy atom. The van der Waals surface area contributed by atoms with Crippen LogP contribution >= 0.6 is 11.3 Å². The van der Waals surface area contributed by atoms with E-state index >= 15 is 0 Å². The van der Waals surface area contributed by atoms with Crippen molar-refractivity contribution in [3.63, 3.8) is 0 Å². The van der Waals surface area contributed by atoms with E-state index in [1.54, 1.807) is 11.9 Å². The Balaban J connectivity index is 1.53. The van der Waals surface area contributed by atoms with E-state index in [2.05, 4.69) is 42.4 Å². The third-order valence-electron chi connectivity index (χ3n) is 7.95. The van der Waals surface area contributed by atoms with Crippen LogP contribution < -0.4 is 10.6 Å². The second-order valence-corrected chi connectivity index (χ2v) is 14.9. The normalized spacial score (nSPS) is 14.1. The van der Waals surface area contributed by atoms with Crippen molar-refractivity contribution in [2.75, 3.05) is 57.1 Å². The van der Waals surface area contributed by atoms with Gasteiger partial charge >= 0.3 is 6.03 Å². The number of ether oxygens (including phenoxy) is 1. The summed E-state index contributed by atoms with van der Waals surface area (Å²) in [6.45, 7) is 19.1. The lowest BCUT2D eigenvalue weighted by atomic mass is 9.94. The first-order chi connectivity index (χ1) is 21.7. The van der Waals surface area contributed by atoms with Crippen molar-refractivity contribution in [1.82, 2.24) is 19.7 Å². The number of likely N-dealkylation sites (N-methyl/N-ethyl adjacent to an activating group) is 1. The van der Waals surface area contributed by atoms with E-state index in [4.69, 9.17) is 9.72 Å². The molecule has 248 valence electrons. The molecule has 4 rings (SSSR count). The smallest absolute Gasteiger partial charge is 0.324 e. The standard InChI is InChI=1S/C35H48N6O4S/c1-24-9-11-26(19-27(24)29-12-10-25(21-36-29)22-40-15-17-45-18-16-40)37-33(44)38-31-28(20-30(46-31)34(2,3)4)32(43)41(35(5,6)7)14-13-39(8)23-42/h9-12,19-21,23H,13-18,22H2,1-8H3,(H2,37,38,44). The molecule has 0 saturated carbocycles. The summed E-state index contributed by atoms with van der Waals surface area (Å²) in [7, 11) is 1.69. The minimum atomic E-state index is -0.503. The van der Waals surface area contributed by atoms with Crippen molar-refractivity contribution in [1.29, 1.82) is 0 Å². The second kappa shape index (κ2) is 14.7. The Morgan fingerprint density at radius 3 is 2.35 bits per heavy atom. The fourth-order valence-corrected chi connectivity index (χ4v) is 6.25. The molecule has 0 atom stereocenters. The third-order valence-corrected chi connectivity index (χ3v) is 9.42. The van der Waals surface area contributed by atoms with Crippen LogP contribution in [0.15, 0.2) is 42.6 Å². The second-order valence-electron chi connectivity index (χ2n) is 13.9. The number of nitrogens with one attached hydrogen (secondary N) is 2. The number of aryl methyl sites for hydroxylation is 1. The zero-order valence-corrected chi connectivity index (χ0v) is 29.2. The number of carbonyl (C=O) groups is 3. The first kappa shape index (κ1) is 35.1. The van der Waals surface area contributed by atoms with Crippen molar-refractivity contribution in [3.8, 4) is 11.3 Å². The highest BCUT2D eigenvalue weighted by Crippen LogP contribution is 2.37. The lowest BCUT2D eigenvalue weighted by Crippen LogP contribution is -2.48. The number of hydrogen-bond acceptors (Lipinski definition) is 7. The molecule has 2 aromatic heterocycles. The van der Waals surface area contributed by atoms with Crippen LogP contribution in [-0.2, 0) is 21.5 Å². The quantitative estimate of drug-likeness (QED) is 0.253. The van der Waals surface area contributed by atoms with E-state index in [0.717, 1.165) is 66.5 Å². The van der Waals surface area contributed by atoms with Crippen molar-refractivity contribution < 1.29 is 19.1 Å². The largest absolute Gasteiger partial charge is 0.379 e. The Labute approximate surface area is 277 Å². The van der Waals surface area contributed by atoms with E-state index in [9.17, 15) is 14.4 Å². The number of anilines is 2. The Hall–Kier alpha value is -3.80. The first-order valence-corrected chi connectivity index (χ1v) is 16.5. The number of morpholine rings is 1. The van der Waals surface area contributed by atoms with Crippen LogP contribution in [0.3, 0.4) is 0 Å². The van der Waals surface area contributed by atoms with Crippen LogP contribution in [0.2, 0.25) is 0 Å². The SMILES string of the molecule is Cc1ccc(NC(=O)Nc2sc(C(C)(C)C)cc2C(=O)N(CCN(C)C=O)C(C)(C)C)cc1-c1ccc(CN2CCOCC2)cn1. The van der Waals surface area contributed by atoms with Gasteiger partial charge in [-0.25, -0.2) is 4.79 Å². The molecule has 1 fully saturated rings. The van der Waals surface area contributed by atoms with Gasteiger partial charge in [-0.2, -0.15) is 0 Å². The number of benzene rings is 1. The molecule has 0 aliphatic carbocycles. The number of urea groups is 1. The summed E-state index contributed by atoms with van der Waals surface area (Å²) < 4.78 is 5.45. The van der Waals surface area contributed by atoms with Crippen LogP contribution in [0.25, 0.3) is 11.3 Å². The molecule has 46 heavy (non-hydrogen) atoms. The van der Waals surface area contributed by atoms with Gasteiger partial charge in [-0.15, -0.1) is 11.3 Å². The number of rotatable bonds is 10. The molecule has 1 saturated heterocycles. The summed E-state index contributed by atoms with van der Waals surface area (Å²) in [6, 6.07) is 11.3. The highest BCUT2D eigenvalue weighted by atomic mass is 32.1. The summed E-state index contributed by atoms with van der Waals surface area (Å²) in [5.41, 5.74) is 4.27. The summed E-state index contributed by atoms with van der Waals surface area (Å²) in [4.78, 5) is 49.9. The van der Waals surface area contributed by atoms with Crippen LogP contribution in [0.5, 0.6) is 0 Å². The van der Waals surface area contributed by atoms with Crippen LogP contribution in [-0.4, -0.2) is 90.0 Å². The average molecular weight is 649 g/mol. The van der Waals surface area contributed by atoms with Crippen molar-refractivity contribution in [2.24, 2.45) is 0 Å². The summed E-state index contributed by atoms with van der Waals surface area (Å²) in [5, 5.41) is 6.40. The number of hydrogen-bond donors (Lipinski definition) is 2. The molecular weight excluding hydrogens is 600 g/mol. The number of nitrogens with zero attached hydrogens (tertiary/aromatic N) is 4. The van der Waals surface area contributed by atoms with Gasteiger partial charge in [0.1, 0.15) is 5.00 Å². The summed E-state index contributed by atoms with van der Waals surface area (Å²) in [5.74, 6) is -0.199. The van der Waals surface area contributed by atoms with Crippen molar-refractivity contribution in [3.05, 3.63) is 64.2 Å². The number of pyridine rings is 1. The highest BCUT2D eigenvalue weighted by molar-refractivity contribution is 7.16. The predicted molar refractivity (Wildman–Crippen MR) is 186 cm³/mol. The first-order valence-electron chi connectivity index (χ1n) is 15.7. The number of thiophene rings is 1. The molecule has 0 radical (unpaired) electrons. The van der Waals surface area contributed by atoms with Crippen LogP contribution in [0.1, 0.15) is 67.9 Å². The minimum Gasteiger partial charge on any atom is -0.379 e. The molecule has 2 N–H and O–H groups in total. The molecule has 1 aromatic carbocycles. The van der Waals surface area contributed by atoms with Gasteiger partial charge in [0, 0.05) is 67.6 Å². The van der Waals surface area contributed by atoms with E-state index < -0.39 is 11.6 Å². The van der Waals surface area contributed by atoms with Gasteiger partial charge in [-0.1, -0.05) is 32.9 Å². The monoisotopic (exact) mass is 648 g/mol. The van der Waals surface area contributed by atoms with Gasteiger partial charge in [0.2, 0.25) is 6.41 Å². The Bertz CT molecular complexity index is 1520. The number of aromatic nitrogens is 1. The fraction of sp³-hybridized carbons (Fsp3) is 0.486. The minimum absolute atomic E-state index is 0.199. The van der Waals surface area contributed by atoms with E-state index in [1.165, 1.54) is 16.2 Å². The van der Waals surface area contributed by atoms with Crippen molar-refractivity contribution in [2.45, 2.75) is 66.0 Å². The molecular formula is C35H48N6O4S. The highest BCUT2D eigenvalue weighted by Gasteiger charge is 2.32. The molecule has 3 heterocycles. The van der Waals surface area contributed by atoms with E-state index in [-0.39, 0.29) is 11.3 Å². The van der Waals surface area contributed by atoms with Gasteiger partial charge in [-0.05, 0) is 68.5 Å². The van der Waals surface area contributed by atoms with Gasteiger partial charge < -0.3 is 19.9 Å². The van der Waals surface area contributed by atoms with Crippen LogP contribution in [0.4, 0.5) is 15.5 Å². The van der Waals surface area contributed by atoms with Crippen LogP contribution in [0, 0.1) is 6.92 Å². The maximum atomic E-state index is 14.0. The number of amides is 4. The number of carbonyl (C=O) groups excluding carboxylic acids is 3. The summed E-state index contributed by atoms with van der Waals surface area (Å²) >= 11 is 1.40. The molecule has 10 nitrogen and oxygen atoms in total. The molecule has 0 unspecified atom stereocenters. The Morgan fingerprint density at radius 2 is 1.74 bits per heavy atom. The molecule has 1 aliphatic rings. The zero-order valence-electron chi connectivity index (χ0n) is 28.4. The topological polar surface area (TPSA) is 107 Å². The Kier molecular flexibility index (Phi) is 11.2. The van der Waals surface area contributed by atoms with E-state index in [0.29, 0.717) is 29.3 Å². The van der Waals surface area contributed by atoms with Gasteiger partial charge in [0.25, 0.3) is 5.91 Å². The predicted octanol–water partition coefficient (Wildman–Crippen LogP) is 6.22. The van der Waals surface area contributed by atoms with Crippen molar-refractivity contribution >= 4 is 40.4 Å². The maximum Gasteiger partial charge on any atom is 0.324 e.